The molecular weight excluding hydrogens is 430 g/mol. The molecule has 0 aliphatic rings. The van der Waals surface area contributed by atoms with Crippen LogP contribution < -0.4 is 15.1 Å². The summed E-state index contributed by atoms with van der Waals surface area (Å²) in [5.41, 5.74) is 5.12. The van der Waals surface area contributed by atoms with Gasteiger partial charge in [0, 0.05) is 38.2 Å². The van der Waals surface area contributed by atoms with Gasteiger partial charge in [-0.15, -0.1) is 0 Å². The van der Waals surface area contributed by atoms with Gasteiger partial charge in [-0.2, -0.15) is 0 Å². The van der Waals surface area contributed by atoms with Crippen LogP contribution in [-0.4, -0.2) is 44.9 Å². The number of amides is 2. The van der Waals surface area contributed by atoms with Gasteiger partial charge in [-0.05, 0) is 66.1 Å². The molecular formula is C27H29N3O4. The molecule has 0 atom stereocenters. The van der Waals surface area contributed by atoms with Gasteiger partial charge in [0.05, 0.1) is 6.61 Å². The molecule has 7 nitrogen and oxygen atoms in total. The zero-order chi connectivity index (χ0) is 24.7. The molecule has 0 saturated heterocycles. The quantitative estimate of drug-likeness (QED) is 0.341. The molecule has 0 heterocycles. The number of nitrogens with one attached hydrogen (secondary N) is 1. The highest BCUT2D eigenvalue weighted by molar-refractivity contribution is 6.01. The normalized spacial score (nSPS) is 11.0. The fraction of sp³-hybridized carbons (Fsp3) is 0.185. The molecule has 0 saturated carbocycles. The summed E-state index contributed by atoms with van der Waals surface area (Å²) in [6.45, 7) is 2.02. The minimum Gasteiger partial charge on any atom is -0.487 e. The van der Waals surface area contributed by atoms with E-state index >= 15 is 0 Å². The van der Waals surface area contributed by atoms with Crippen molar-refractivity contribution >= 4 is 35.1 Å². The van der Waals surface area contributed by atoms with Gasteiger partial charge in [0.15, 0.2) is 0 Å². The van der Waals surface area contributed by atoms with E-state index in [-0.39, 0.29) is 18.4 Å². The summed E-state index contributed by atoms with van der Waals surface area (Å²) < 4.78 is 5.16. The molecule has 0 aliphatic heterocycles. The maximum Gasteiger partial charge on any atom is 0.371 e. The molecule has 7 heteroatoms. The second-order valence-corrected chi connectivity index (χ2v) is 7.85. The molecule has 3 aromatic rings. The molecule has 2 N–H and O–H groups in total. The Morgan fingerprint density at radius 1 is 0.912 bits per heavy atom. The molecule has 3 aromatic carbocycles. The van der Waals surface area contributed by atoms with E-state index in [9.17, 15) is 14.7 Å². The summed E-state index contributed by atoms with van der Waals surface area (Å²) in [4.78, 5) is 27.6. The van der Waals surface area contributed by atoms with E-state index < -0.39 is 5.97 Å². The van der Waals surface area contributed by atoms with E-state index in [1.54, 1.807) is 18.9 Å². The molecule has 0 bridgehead atoms. The number of ether oxygens (including phenoxy) is 1. The Balaban J connectivity index is 1.74. The van der Waals surface area contributed by atoms with Gasteiger partial charge in [-0.3, -0.25) is 4.90 Å². The van der Waals surface area contributed by atoms with Crippen molar-refractivity contribution in [2.75, 3.05) is 42.9 Å². The highest BCUT2D eigenvalue weighted by Gasteiger charge is 2.13. The summed E-state index contributed by atoms with van der Waals surface area (Å²) in [6.07, 6.45) is 1.50. The van der Waals surface area contributed by atoms with Crippen molar-refractivity contribution < 1.29 is 19.4 Å². The topological polar surface area (TPSA) is 82.1 Å². The predicted molar refractivity (Wildman–Crippen MR) is 137 cm³/mol. The SMILES string of the molecule is CCO/C(=C\c1ccc(-c2cccc(N(C)C(=O)Nc3ccc(N(C)C)cc3)c2)cc1)C(=O)O. The van der Waals surface area contributed by atoms with Crippen LogP contribution in [0.2, 0.25) is 0 Å². The number of carboxylic acid groups (broad SMARTS) is 1. The van der Waals surface area contributed by atoms with Crippen LogP contribution in [0.25, 0.3) is 17.2 Å². The van der Waals surface area contributed by atoms with Gasteiger partial charge in [-0.25, -0.2) is 9.59 Å². The predicted octanol–water partition coefficient (Wildman–Crippen LogP) is 5.55. The first-order valence-corrected chi connectivity index (χ1v) is 10.9. The number of hydrogen-bond donors (Lipinski definition) is 2. The number of carbonyl (C=O) groups is 2. The lowest BCUT2D eigenvalue weighted by Crippen LogP contribution is -2.31. The van der Waals surface area contributed by atoms with Crippen LogP contribution in [0.5, 0.6) is 0 Å². The van der Waals surface area contributed by atoms with Crippen molar-refractivity contribution in [1.29, 1.82) is 0 Å². The zero-order valence-electron chi connectivity index (χ0n) is 19.8. The van der Waals surface area contributed by atoms with Crippen LogP contribution in [0.4, 0.5) is 21.9 Å². The standard InChI is InChI=1S/C27H29N3O4/c1-5-34-25(26(31)32)17-19-9-11-20(12-10-19)21-7-6-8-24(18-21)30(4)27(33)28-22-13-15-23(16-14-22)29(2)3/h6-18H,5H2,1-4H3,(H,28,33)(H,31,32)/b25-17-. The first kappa shape index (κ1) is 24.4. The second kappa shape index (κ2) is 11.0. The van der Waals surface area contributed by atoms with Crippen molar-refractivity contribution in [3.63, 3.8) is 0 Å². The number of carbonyl (C=O) groups excluding carboxylic acids is 1. The van der Waals surface area contributed by atoms with Gasteiger partial charge >= 0.3 is 12.0 Å². The Kier molecular flexibility index (Phi) is 7.92. The van der Waals surface area contributed by atoms with Gasteiger partial charge in [0.2, 0.25) is 5.76 Å². The summed E-state index contributed by atoms with van der Waals surface area (Å²) in [7, 11) is 5.65. The van der Waals surface area contributed by atoms with Gasteiger partial charge in [-0.1, -0.05) is 36.4 Å². The average Bonchev–Trinajstić information content (AvgIpc) is 2.84. The number of nitrogens with zero attached hydrogens (tertiary/aromatic N) is 2. The smallest absolute Gasteiger partial charge is 0.371 e. The summed E-state index contributed by atoms with van der Waals surface area (Å²) in [5, 5.41) is 12.1. The number of benzene rings is 3. The lowest BCUT2D eigenvalue weighted by atomic mass is 10.0. The fourth-order valence-electron chi connectivity index (χ4n) is 3.31. The van der Waals surface area contributed by atoms with E-state index in [0.717, 1.165) is 33.8 Å². The zero-order valence-corrected chi connectivity index (χ0v) is 19.8. The molecule has 0 aromatic heterocycles. The van der Waals surface area contributed by atoms with E-state index in [4.69, 9.17) is 4.74 Å². The number of aliphatic carboxylic acids is 1. The van der Waals surface area contributed by atoms with Crippen LogP contribution >= 0.6 is 0 Å². The van der Waals surface area contributed by atoms with Crippen LogP contribution in [0, 0.1) is 0 Å². The van der Waals surface area contributed by atoms with Gasteiger partial charge in [0.25, 0.3) is 0 Å². The maximum absolute atomic E-state index is 12.8. The molecule has 0 spiro atoms. The summed E-state index contributed by atoms with van der Waals surface area (Å²) in [5.74, 6) is -1.20. The fourth-order valence-corrected chi connectivity index (χ4v) is 3.31. The van der Waals surface area contributed by atoms with Crippen LogP contribution in [-0.2, 0) is 9.53 Å². The number of rotatable bonds is 8. The number of anilines is 3. The minimum atomic E-state index is -1.10. The second-order valence-electron chi connectivity index (χ2n) is 7.85. The Labute approximate surface area is 199 Å². The molecule has 0 unspecified atom stereocenters. The van der Waals surface area contributed by atoms with Crippen LogP contribution in [0.15, 0.2) is 78.6 Å². The first-order chi connectivity index (χ1) is 16.3. The molecule has 0 fully saturated rings. The number of hydrogen-bond acceptors (Lipinski definition) is 4. The van der Waals surface area contributed by atoms with Crippen molar-refractivity contribution in [2.24, 2.45) is 0 Å². The Bertz CT molecular complexity index is 1170. The monoisotopic (exact) mass is 459 g/mol. The molecule has 0 aliphatic carbocycles. The summed E-state index contributed by atoms with van der Waals surface area (Å²) >= 11 is 0. The van der Waals surface area contributed by atoms with Crippen molar-refractivity contribution in [2.45, 2.75) is 6.92 Å². The van der Waals surface area contributed by atoms with Crippen molar-refractivity contribution in [3.8, 4) is 11.1 Å². The average molecular weight is 460 g/mol. The Morgan fingerprint density at radius 2 is 1.59 bits per heavy atom. The molecule has 0 radical (unpaired) electrons. The molecule has 176 valence electrons. The van der Waals surface area contributed by atoms with E-state index in [2.05, 4.69) is 5.32 Å². The van der Waals surface area contributed by atoms with Gasteiger partial charge in [0.1, 0.15) is 0 Å². The maximum atomic E-state index is 12.8. The van der Waals surface area contributed by atoms with Crippen molar-refractivity contribution in [1.82, 2.24) is 0 Å². The lowest BCUT2D eigenvalue weighted by molar-refractivity contribution is -0.136. The van der Waals surface area contributed by atoms with Gasteiger partial charge < -0.3 is 20.1 Å². The third kappa shape index (κ3) is 6.16. The largest absolute Gasteiger partial charge is 0.487 e. The third-order valence-corrected chi connectivity index (χ3v) is 5.23. The summed E-state index contributed by atoms with van der Waals surface area (Å²) in [6, 6.07) is 22.5. The Hall–Kier alpha value is -4.26. The Morgan fingerprint density at radius 3 is 2.18 bits per heavy atom. The number of urea groups is 1. The molecule has 3 rings (SSSR count). The van der Waals surface area contributed by atoms with E-state index in [1.165, 1.54) is 6.08 Å². The first-order valence-electron chi connectivity index (χ1n) is 10.9. The molecule has 34 heavy (non-hydrogen) atoms. The van der Waals surface area contributed by atoms with Crippen molar-refractivity contribution in [3.05, 3.63) is 84.1 Å². The van der Waals surface area contributed by atoms with E-state index in [0.29, 0.717) is 0 Å². The number of carboxylic acids is 1. The van der Waals surface area contributed by atoms with Crippen LogP contribution in [0.1, 0.15) is 12.5 Å². The highest BCUT2D eigenvalue weighted by Crippen LogP contribution is 2.26. The van der Waals surface area contributed by atoms with E-state index in [1.807, 2.05) is 91.8 Å². The third-order valence-electron chi connectivity index (χ3n) is 5.23. The minimum absolute atomic E-state index is 0.0961. The lowest BCUT2D eigenvalue weighted by Gasteiger charge is -2.19. The van der Waals surface area contributed by atoms with Crippen LogP contribution in [0.3, 0.4) is 0 Å². The molecule has 2 amide bonds. The highest BCUT2D eigenvalue weighted by atomic mass is 16.5.